The highest BCUT2D eigenvalue weighted by molar-refractivity contribution is 5.59. The van der Waals surface area contributed by atoms with Crippen LogP contribution < -0.4 is 9.64 Å². The molecule has 1 aliphatic rings. The number of likely N-dealkylation sites (N-methyl/N-ethyl adjacent to an activating group) is 1. The lowest BCUT2D eigenvalue weighted by atomic mass is 10.2. The van der Waals surface area contributed by atoms with Crippen LogP contribution in [-0.4, -0.2) is 19.7 Å². The molecule has 0 unspecified atom stereocenters. The lowest BCUT2D eigenvalue weighted by molar-refractivity contribution is 0.308. The van der Waals surface area contributed by atoms with Crippen molar-refractivity contribution in [1.82, 2.24) is 0 Å². The van der Waals surface area contributed by atoms with Gasteiger partial charge in [0.05, 0.1) is 12.2 Å². The van der Waals surface area contributed by atoms with Crippen LogP contribution in [0.1, 0.15) is 20.8 Å². The molecule has 14 heavy (non-hydrogen) atoms. The molecule has 1 aliphatic heterocycles. The number of rotatable bonds is 1. The third kappa shape index (κ3) is 2.19. The summed E-state index contributed by atoms with van der Waals surface area (Å²) in [5.41, 5.74) is 1.23. The number of fused-ring (bicyclic) bond motifs is 1. The summed E-state index contributed by atoms with van der Waals surface area (Å²) in [6, 6.07) is 8.20. The summed E-state index contributed by atoms with van der Waals surface area (Å²) in [7, 11) is 0. The smallest absolute Gasteiger partial charge is 0.142 e. The summed E-state index contributed by atoms with van der Waals surface area (Å²) < 4.78 is 5.51. The summed E-state index contributed by atoms with van der Waals surface area (Å²) in [5, 5.41) is 0. The van der Waals surface area contributed by atoms with Crippen molar-refractivity contribution >= 4 is 5.69 Å². The Kier molecular flexibility index (Phi) is 4.30. The highest BCUT2D eigenvalue weighted by Gasteiger charge is 2.14. The largest absolute Gasteiger partial charge is 0.490 e. The first-order valence-electron chi connectivity index (χ1n) is 5.38. The molecule has 0 bridgehead atoms. The van der Waals surface area contributed by atoms with E-state index in [2.05, 4.69) is 24.0 Å². The average Bonchev–Trinajstić information content (AvgIpc) is 2.31. The van der Waals surface area contributed by atoms with Gasteiger partial charge in [0.25, 0.3) is 0 Å². The third-order valence-electron chi connectivity index (χ3n) is 2.21. The van der Waals surface area contributed by atoms with Gasteiger partial charge in [-0.15, -0.1) is 0 Å². The van der Waals surface area contributed by atoms with E-state index in [4.69, 9.17) is 4.74 Å². The molecule has 2 heteroatoms. The Bertz CT molecular complexity index is 273. The summed E-state index contributed by atoms with van der Waals surface area (Å²) in [5.74, 6) is 1.02. The zero-order valence-electron chi connectivity index (χ0n) is 9.29. The highest BCUT2D eigenvalue weighted by atomic mass is 16.5. The van der Waals surface area contributed by atoms with Crippen molar-refractivity contribution in [2.75, 3.05) is 24.6 Å². The van der Waals surface area contributed by atoms with Gasteiger partial charge in [-0.1, -0.05) is 26.0 Å². The van der Waals surface area contributed by atoms with E-state index in [9.17, 15) is 0 Å². The van der Waals surface area contributed by atoms with Crippen LogP contribution in [0.4, 0.5) is 5.69 Å². The van der Waals surface area contributed by atoms with E-state index in [1.807, 2.05) is 26.0 Å². The second-order valence-electron chi connectivity index (χ2n) is 2.90. The van der Waals surface area contributed by atoms with Crippen molar-refractivity contribution in [2.24, 2.45) is 0 Å². The van der Waals surface area contributed by atoms with Crippen LogP contribution in [0.3, 0.4) is 0 Å². The molecular weight excluding hydrogens is 174 g/mol. The van der Waals surface area contributed by atoms with Gasteiger partial charge >= 0.3 is 0 Å². The van der Waals surface area contributed by atoms with Crippen LogP contribution in [0.15, 0.2) is 24.3 Å². The number of nitrogens with zero attached hydrogens (tertiary/aromatic N) is 1. The Morgan fingerprint density at radius 3 is 2.71 bits per heavy atom. The molecule has 0 fully saturated rings. The van der Waals surface area contributed by atoms with Gasteiger partial charge in [-0.2, -0.15) is 0 Å². The van der Waals surface area contributed by atoms with Crippen molar-refractivity contribution < 1.29 is 4.74 Å². The van der Waals surface area contributed by atoms with Crippen LogP contribution in [0.25, 0.3) is 0 Å². The number of hydrogen-bond donors (Lipinski definition) is 0. The lowest BCUT2D eigenvalue weighted by Crippen LogP contribution is -2.32. The van der Waals surface area contributed by atoms with Gasteiger partial charge in [-0.05, 0) is 19.1 Å². The summed E-state index contributed by atoms with van der Waals surface area (Å²) >= 11 is 0. The second-order valence-corrected chi connectivity index (χ2v) is 2.90. The molecule has 0 aromatic heterocycles. The predicted molar refractivity (Wildman–Crippen MR) is 61.2 cm³/mol. The molecule has 0 aliphatic carbocycles. The molecule has 0 N–H and O–H groups in total. The van der Waals surface area contributed by atoms with Crippen LogP contribution >= 0.6 is 0 Å². The van der Waals surface area contributed by atoms with E-state index in [-0.39, 0.29) is 0 Å². The maximum atomic E-state index is 5.51. The molecule has 1 aromatic carbocycles. The molecule has 0 amide bonds. The number of para-hydroxylation sites is 2. The summed E-state index contributed by atoms with van der Waals surface area (Å²) in [6.07, 6.45) is 0. The van der Waals surface area contributed by atoms with Crippen molar-refractivity contribution in [3.8, 4) is 5.75 Å². The van der Waals surface area contributed by atoms with Gasteiger partial charge in [0.2, 0.25) is 0 Å². The number of ether oxygens (including phenoxy) is 1. The van der Waals surface area contributed by atoms with Crippen LogP contribution in [0.2, 0.25) is 0 Å². The van der Waals surface area contributed by atoms with Gasteiger partial charge in [0, 0.05) is 6.54 Å². The van der Waals surface area contributed by atoms with Gasteiger partial charge < -0.3 is 9.64 Å². The van der Waals surface area contributed by atoms with E-state index in [1.54, 1.807) is 0 Å². The molecule has 0 saturated heterocycles. The Morgan fingerprint density at radius 1 is 1.29 bits per heavy atom. The quantitative estimate of drug-likeness (QED) is 0.680. The van der Waals surface area contributed by atoms with Gasteiger partial charge in [-0.25, -0.2) is 0 Å². The van der Waals surface area contributed by atoms with E-state index in [1.165, 1.54) is 5.69 Å². The molecule has 1 heterocycles. The van der Waals surface area contributed by atoms with E-state index < -0.39 is 0 Å². The standard InChI is InChI=1S/C10H13NO.C2H6/c1-2-11-7-8-12-10-6-4-3-5-9(10)11;1-2/h3-6H,2,7-8H2,1H3;1-2H3. The molecule has 2 rings (SSSR count). The topological polar surface area (TPSA) is 12.5 Å². The van der Waals surface area contributed by atoms with Crippen LogP contribution in [0, 0.1) is 0 Å². The fraction of sp³-hybridized carbons (Fsp3) is 0.500. The Labute approximate surface area is 86.5 Å². The minimum Gasteiger partial charge on any atom is -0.490 e. The fourth-order valence-electron chi connectivity index (χ4n) is 1.56. The number of hydrogen-bond acceptors (Lipinski definition) is 2. The van der Waals surface area contributed by atoms with Gasteiger partial charge in [0.15, 0.2) is 0 Å². The lowest BCUT2D eigenvalue weighted by Gasteiger charge is -2.29. The van der Waals surface area contributed by atoms with Gasteiger partial charge in [0.1, 0.15) is 12.4 Å². The molecule has 0 spiro atoms. The van der Waals surface area contributed by atoms with Crippen molar-refractivity contribution in [1.29, 1.82) is 0 Å². The van der Waals surface area contributed by atoms with E-state index in [0.717, 1.165) is 25.4 Å². The van der Waals surface area contributed by atoms with Crippen LogP contribution in [0.5, 0.6) is 5.75 Å². The molecule has 0 atom stereocenters. The van der Waals surface area contributed by atoms with E-state index in [0.29, 0.717) is 0 Å². The van der Waals surface area contributed by atoms with Crippen molar-refractivity contribution in [3.05, 3.63) is 24.3 Å². The highest BCUT2D eigenvalue weighted by Crippen LogP contribution is 2.30. The Hall–Kier alpha value is -1.18. The zero-order chi connectivity index (χ0) is 10.4. The summed E-state index contributed by atoms with van der Waals surface area (Å²) in [4.78, 5) is 2.33. The van der Waals surface area contributed by atoms with Crippen molar-refractivity contribution in [2.45, 2.75) is 20.8 Å². The Morgan fingerprint density at radius 2 is 2.00 bits per heavy atom. The summed E-state index contributed by atoms with van der Waals surface area (Å²) in [6.45, 7) is 9.04. The maximum Gasteiger partial charge on any atom is 0.142 e. The molecule has 2 nitrogen and oxygen atoms in total. The second kappa shape index (κ2) is 5.53. The monoisotopic (exact) mass is 193 g/mol. The van der Waals surface area contributed by atoms with Crippen LogP contribution in [-0.2, 0) is 0 Å². The molecule has 0 radical (unpaired) electrons. The fourth-order valence-corrected chi connectivity index (χ4v) is 1.56. The normalized spacial score (nSPS) is 13.5. The zero-order valence-corrected chi connectivity index (χ0v) is 9.29. The molecule has 1 aromatic rings. The number of anilines is 1. The van der Waals surface area contributed by atoms with Crippen molar-refractivity contribution in [3.63, 3.8) is 0 Å². The SMILES string of the molecule is CC.CCN1CCOc2ccccc21. The first-order valence-corrected chi connectivity index (χ1v) is 5.38. The average molecular weight is 193 g/mol. The number of benzene rings is 1. The molecule has 78 valence electrons. The Balaban J connectivity index is 0.000000461. The van der Waals surface area contributed by atoms with Gasteiger partial charge in [-0.3, -0.25) is 0 Å². The molecule has 0 saturated carbocycles. The first-order chi connectivity index (χ1) is 6.92. The third-order valence-corrected chi connectivity index (χ3v) is 2.21. The minimum absolute atomic E-state index is 0.810. The maximum absolute atomic E-state index is 5.51. The van der Waals surface area contributed by atoms with E-state index >= 15 is 0 Å². The predicted octanol–water partition coefficient (Wildman–Crippen LogP) is 2.93. The first kappa shape index (κ1) is 10.9. The molecular formula is C12H19NO. The minimum atomic E-state index is 0.810.